The van der Waals surface area contributed by atoms with Crippen LogP contribution < -0.4 is 0 Å². The van der Waals surface area contributed by atoms with Crippen molar-refractivity contribution in [3.63, 3.8) is 0 Å². The van der Waals surface area contributed by atoms with Crippen molar-refractivity contribution in [3.8, 4) is 0 Å². The van der Waals surface area contributed by atoms with Crippen molar-refractivity contribution in [2.75, 3.05) is 31.6 Å². The van der Waals surface area contributed by atoms with Crippen LogP contribution in [0.5, 0.6) is 0 Å². The van der Waals surface area contributed by atoms with E-state index in [4.69, 9.17) is 0 Å². The van der Waals surface area contributed by atoms with E-state index in [0.717, 1.165) is 17.4 Å². The largest absolute Gasteiger partial charge is 0.342 e. The number of aryl methyl sites for hydroxylation is 1. The summed E-state index contributed by atoms with van der Waals surface area (Å²) < 4.78 is 22.6. The van der Waals surface area contributed by atoms with Gasteiger partial charge in [-0.15, -0.1) is 0 Å². The predicted octanol–water partition coefficient (Wildman–Crippen LogP) is 1.41. The van der Waals surface area contributed by atoms with Crippen LogP contribution >= 0.6 is 0 Å². The first-order valence-electron chi connectivity index (χ1n) is 8.95. The topological polar surface area (TPSA) is 74.8 Å². The van der Waals surface area contributed by atoms with Crippen LogP contribution in [0.25, 0.3) is 0 Å². The number of carbonyl (C=O) groups excluding carboxylic acids is 2. The number of amides is 2. The zero-order chi connectivity index (χ0) is 19.1. The fourth-order valence-electron chi connectivity index (χ4n) is 4.32. The van der Waals surface area contributed by atoms with Crippen molar-refractivity contribution in [1.82, 2.24) is 9.80 Å². The number of benzene rings is 1. The van der Waals surface area contributed by atoms with Crippen molar-refractivity contribution in [2.45, 2.75) is 26.3 Å². The van der Waals surface area contributed by atoms with E-state index in [1.807, 2.05) is 30.0 Å². The van der Waals surface area contributed by atoms with Crippen molar-refractivity contribution in [2.24, 2.45) is 11.8 Å². The lowest BCUT2D eigenvalue weighted by Gasteiger charge is -2.30. The van der Waals surface area contributed by atoms with Crippen molar-refractivity contribution in [1.29, 1.82) is 0 Å². The highest BCUT2D eigenvalue weighted by molar-refractivity contribution is 7.90. The lowest BCUT2D eigenvalue weighted by atomic mass is 9.87. The SMILES string of the molecule is CC(=O)N1C[C@H]2CN(C(=O)CCS(C)(=O)=O)C[C@H]2[C@H]1c1ccccc1C. The molecule has 0 aromatic heterocycles. The van der Waals surface area contributed by atoms with Gasteiger partial charge in [-0.3, -0.25) is 9.59 Å². The van der Waals surface area contributed by atoms with Crippen molar-refractivity contribution < 1.29 is 18.0 Å². The summed E-state index contributed by atoms with van der Waals surface area (Å²) in [4.78, 5) is 28.3. The minimum absolute atomic E-state index is 0.0218. The molecular weight excluding hydrogens is 352 g/mol. The van der Waals surface area contributed by atoms with E-state index in [0.29, 0.717) is 19.6 Å². The van der Waals surface area contributed by atoms with Crippen LogP contribution in [0.15, 0.2) is 24.3 Å². The van der Waals surface area contributed by atoms with Gasteiger partial charge in [0.2, 0.25) is 11.8 Å². The molecule has 2 saturated heterocycles. The molecule has 0 aliphatic carbocycles. The number of fused-ring (bicyclic) bond motifs is 1. The molecule has 0 spiro atoms. The Kier molecular flexibility index (Phi) is 5.10. The summed E-state index contributed by atoms with van der Waals surface area (Å²) in [5, 5.41) is 0. The third-order valence-corrected chi connectivity index (χ3v) is 6.56. The molecule has 7 heteroatoms. The summed E-state index contributed by atoms with van der Waals surface area (Å²) in [5.41, 5.74) is 2.28. The van der Waals surface area contributed by atoms with Gasteiger partial charge >= 0.3 is 0 Å². The van der Waals surface area contributed by atoms with Crippen molar-refractivity contribution in [3.05, 3.63) is 35.4 Å². The summed E-state index contributed by atoms with van der Waals surface area (Å²) in [5.74, 6) is 0.275. The van der Waals surface area contributed by atoms with Crippen LogP contribution in [0.1, 0.15) is 30.5 Å². The van der Waals surface area contributed by atoms with Crippen LogP contribution in [0, 0.1) is 18.8 Å². The standard InChI is InChI=1S/C19H26N2O4S/c1-13-6-4-5-7-16(13)19-17-12-20(18(23)8-9-26(3,24)25)10-15(17)11-21(19)14(2)22/h4-7,15,17,19H,8-12H2,1-3H3/t15-,17-,19-/m1/s1. The molecule has 0 radical (unpaired) electrons. The molecule has 0 N–H and O–H groups in total. The summed E-state index contributed by atoms with van der Waals surface area (Å²) in [6.07, 6.45) is 1.18. The maximum Gasteiger partial charge on any atom is 0.223 e. The minimum Gasteiger partial charge on any atom is -0.342 e. The first kappa shape index (κ1) is 18.9. The molecule has 0 unspecified atom stereocenters. The zero-order valence-electron chi connectivity index (χ0n) is 15.5. The molecule has 26 heavy (non-hydrogen) atoms. The van der Waals surface area contributed by atoms with Crippen LogP contribution in [-0.4, -0.2) is 61.7 Å². The Morgan fingerprint density at radius 2 is 1.85 bits per heavy atom. The van der Waals surface area contributed by atoms with E-state index in [1.165, 1.54) is 0 Å². The Morgan fingerprint density at radius 3 is 2.46 bits per heavy atom. The second-order valence-electron chi connectivity index (χ2n) is 7.58. The highest BCUT2D eigenvalue weighted by atomic mass is 32.2. The number of rotatable bonds is 4. The quantitative estimate of drug-likeness (QED) is 0.794. The fraction of sp³-hybridized carbons (Fsp3) is 0.579. The van der Waals surface area contributed by atoms with Gasteiger partial charge in [0.1, 0.15) is 9.84 Å². The molecule has 1 aromatic carbocycles. The van der Waals surface area contributed by atoms with Gasteiger partial charge in [-0.25, -0.2) is 8.42 Å². The zero-order valence-corrected chi connectivity index (χ0v) is 16.3. The summed E-state index contributed by atoms with van der Waals surface area (Å²) in [6, 6.07) is 8.06. The average molecular weight is 378 g/mol. The number of hydrogen-bond acceptors (Lipinski definition) is 4. The van der Waals surface area contributed by atoms with E-state index in [9.17, 15) is 18.0 Å². The molecule has 3 atom stereocenters. The molecule has 3 rings (SSSR count). The maximum absolute atomic E-state index is 12.4. The van der Waals surface area contributed by atoms with Crippen LogP contribution in [0.2, 0.25) is 0 Å². The highest BCUT2D eigenvalue weighted by Crippen LogP contribution is 2.45. The molecule has 0 bridgehead atoms. The smallest absolute Gasteiger partial charge is 0.223 e. The van der Waals surface area contributed by atoms with Gasteiger partial charge in [-0.1, -0.05) is 24.3 Å². The van der Waals surface area contributed by atoms with Crippen LogP contribution in [-0.2, 0) is 19.4 Å². The monoisotopic (exact) mass is 378 g/mol. The first-order valence-corrected chi connectivity index (χ1v) is 11.0. The predicted molar refractivity (Wildman–Crippen MR) is 99.2 cm³/mol. The Labute approximate surface area is 155 Å². The molecule has 2 aliphatic rings. The minimum atomic E-state index is -3.15. The fourth-order valence-corrected chi connectivity index (χ4v) is 4.87. The summed E-state index contributed by atoms with van der Waals surface area (Å²) >= 11 is 0. The number of nitrogens with zero attached hydrogens (tertiary/aromatic N) is 2. The van der Waals surface area contributed by atoms with Crippen LogP contribution in [0.3, 0.4) is 0 Å². The molecule has 6 nitrogen and oxygen atoms in total. The van der Waals surface area contributed by atoms with Gasteiger partial charge in [0.15, 0.2) is 0 Å². The third-order valence-electron chi connectivity index (χ3n) is 5.62. The number of likely N-dealkylation sites (tertiary alicyclic amines) is 2. The first-order chi connectivity index (χ1) is 12.2. The lowest BCUT2D eigenvalue weighted by Crippen LogP contribution is -2.37. The van der Waals surface area contributed by atoms with Gasteiger partial charge in [0, 0.05) is 51.1 Å². The molecule has 2 amide bonds. The Bertz CT molecular complexity index is 821. The van der Waals surface area contributed by atoms with E-state index < -0.39 is 9.84 Å². The normalized spacial score (nSPS) is 25.4. The molecule has 2 aliphatic heterocycles. The van der Waals surface area contributed by atoms with Crippen molar-refractivity contribution >= 4 is 21.7 Å². The van der Waals surface area contributed by atoms with Crippen LogP contribution in [0.4, 0.5) is 0 Å². The summed E-state index contributed by atoms with van der Waals surface area (Å²) in [6.45, 7) is 5.47. The number of sulfone groups is 1. The summed E-state index contributed by atoms with van der Waals surface area (Å²) in [7, 11) is -3.15. The van der Waals surface area contributed by atoms with Gasteiger partial charge < -0.3 is 9.80 Å². The van der Waals surface area contributed by atoms with E-state index >= 15 is 0 Å². The Morgan fingerprint density at radius 1 is 1.15 bits per heavy atom. The second kappa shape index (κ2) is 7.02. The highest BCUT2D eigenvalue weighted by Gasteiger charge is 2.49. The van der Waals surface area contributed by atoms with E-state index in [2.05, 4.69) is 6.07 Å². The second-order valence-corrected chi connectivity index (χ2v) is 9.84. The maximum atomic E-state index is 12.4. The average Bonchev–Trinajstić information content (AvgIpc) is 3.10. The lowest BCUT2D eigenvalue weighted by molar-refractivity contribution is -0.131. The Balaban J connectivity index is 1.79. The molecule has 142 valence electrons. The van der Waals surface area contributed by atoms with Gasteiger partial charge in [-0.05, 0) is 18.1 Å². The molecule has 2 fully saturated rings. The molecular formula is C19H26N2O4S. The van der Waals surface area contributed by atoms with Gasteiger partial charge in [0.25, 0.3) is 0 Å². The third kappa shape index (κ3) is 3.77. The van der Waals surface area contributed by atoms with Gasteiger partial charge in [-0.2, -0.15) is 0 Å². The number of hydrogen-bond donors (Lipinski definition) is 0. The van der Waals surface area contributed by atoms with Gasteiger partial charge in [0.05, 0.1) is 11.8 Å². The molecule has 2 heterocycles. The molecule has 1 aromatic rings. The molecule has 0 saturated carbocycles. The Hall–Kier alpha value is -1.89. The van der Waals surface area contributed by atoms with E-state index in [-0.39, 0.29) is 41.9 Å². The number of carbonyl (C=O) groups is 2. The van der Waals surface area contributed by atoms with E-state index in [1.54, 1.807) is 11.8 Å².